The van der Waals surface area contributed by atoms with Crippen molar-refractivity contribution in [2.24, 2.45) is 5.73 Å². The molecule has 0 aliphatic rings. The number of benzene rings is 1. The molecule has 0 fully saturated rings. The Balaban J connectivity index is 1.70. The van der Waals surface area contributed by atoms with Crippen molar-refractivity contribution < 1.29 is 14.6 Å². The highest BCUT2D eigenvalue weighted by Crippen LogP contribution is 2.26. The summed E-state index contributed by atoms with van der Waals surface area (Å²) in [5, 5.41) is 10.9. The van der Waals surface area contributed by atoms with E-state index in [1.807, 2.05) is 0 Å². The van der Waals surface area contributed by atoms with Gasteiger partial charge in [-0.3, -0.25) is 4.79 Å². The molecule has 0 bridgehead atoms. The van der Waals surface area contributed by atoms with E-state index in [2.05, 4.69) is 4.98 Å². The first-order valence-corrected chi connectivity index (χ1v) is 7.79. The maximum Gasteiger partial charge on any atom is 0.268 e. The number of rotatable bonds is 8. The molecule has 0 saturated carbocycles. The van der Waals surface area contributed by atoms with E-state index >= 15 is 0 Å². The first-order chi connectivity index (χ1) is 11.0. The monoisotopic (exact) mass is 357 g/mol. The fourth-order valence-corrected chi connectivity index (χ4v) is 2.29. The van der Waals surface area contributed by atoms with Crippen molar-refractivity contribution in [2.45, 2.75) is 25.5 Å². The van der Waals surface area contributed by atoms with Crippen LogP contribution in [0.15, 0.2) is 30.7 Å². The number of aliphatic hydroxyl groups is 1. The van der Waals surface area contributed by atoms with Crippen LogP contribution in [0.3, 0.4) is 0 Å². The van der Waals surface area contributed by atoms with E-state index in [-0.39, 0.29) is 5.69 Å². The average molecular weight is 358 g/mol. The lowest BCUT2D eigenvalue weighted by molar-refractivity contribution is 0.0995. The van der Waals surface area contributed by atoms with Crippen molar-refractivity contribution in [1.29, 1.82) is 0 Å². The molecule has 124 valence electrons. The molecule has 3 N–H and O–H groups in total. The number of halogens is 2. The van der Waals surface area contributed by atoms with Gasteiger partial charge in [-0.25, -0.2) is 4.98 Å². The van der Waals surface area contributed by atoms with Gasteiger partial charge in [-0.05, 0) is 25.0 Å². The number of aliphatic hydroxyl groups excluding tert-OH is 1. The Labute approximate surface area is 143 Å². The zero-order chi connectivity index (χ0) is 16.8. The number of ether oxygens (including phenoxy) is 1. The van der Waals surface area contributed by atoms with E-state index in [0.29, 0.717) is 41.8 Å². The van der Waals surface area contributed by atoms with Crippen molar-refractivity contribution in [3.8, 4) is 5.75 Å². The molecule has 0 spiro atoms. The van der Waals surface area contributed by atoms with Crippen molar-refractivity contribution >= 4 is 29.1 Å². The second-order valence-corrected chi connectivity index (χ2v) is 5.85. The standard InChI is InChI=1S/C15H17Cl2N3O3/c16-12-4-3-11(6-13(12)17)23-5-1-2-10(21)7-20-8-14(15(18)22)19-9-20/h3-4,6,8-10,21H,1-2,5,7H2,(H2,18,22). The average Bonchev–Trinajstić information content (AvgIpc) is 2.96. The minimum atomic E-state index is -0.590. The van der Waals surface area contributed by atoms with Crippen LogP contribution in [0, 0.1) is 0 Å². The largest absolute Gasteiger partial charge is 0.494 e. The maximum absolute atomic E-state index is 10.9. The lowest BCUT2D eigenvalue weighted by atomic mass is 10.2. The van der Waals surface area contributed by atoms with Crippen LogP contribution in [0.4, 0.5) is 0 Å². The third kappa shape index (κ3) is 5.42. The minimum absolute atomic E-state index is 0.181. The lowest BCUT2D eigenvalue weighted by Crippen LogP contribution is -2.16. The Hall–Kier alpha value is -1.76. The van der Waals surface area contributed by atoms with Gasteiger partial charge in [0.1, 0.15) is 11.4 Å². The summed E-state index contributed by atoms with van der Waals surface area (Å²) in [5.74, 6) is 0.0443. The SMILES string of the molecule is NC(=O)c1cn(CC(O)CCCOc2ccc(Cl)c(Cl)c2)cn1. The van der Waals surface area contributed by atoms with Crippen molar-refractivity contribution in [3.05, 3.63) is 46.5 Å². The quantitative estimate of drug-likeness (QED) is 0.710. The fraction of sp³-hybridized carbons (Fsp3) is 0.333. The third-order valence-electron chi connectivity index (χ3n) is 3.15. The molecular weight excluding hydrogens is 341 g/mol. The van der Waals surface area contributed by atoms with Crippen LogP contribution in [0.1, 0.15) is 23.3 Å². The highest BCUT2D eigenvalue weighted by Gasteiger charge is 2.09. The Bertz CT molecular complexity index is 676. The van der Waals surface area contributed by atoms with E-state index in [1.165, 1.54) is 12.5 Å². The number of primary amides is 1. The molecule has 23 heavy (non-hydrogen) atoms. The number of hydrogen-bond acceptors (Lipinski definition) is 4. The zero-order valence-corrected chi connectivity index (χ0v) is 13.8. The highest BCUT2D eigenvalue weighted by molar-refractivity contribution is 6.42. The Morgan fingerprint density at radius 1 is 1.39 bits per heavy atom. The van der Waals surface area contributed by atoms with Crippen LogP contribution < -0.4 is 10.5 Å². The van der Waals surface area contributed by atoms with E-state index < -0.39 is 12.0 Å². The summed E-state index contributed by atoms with van der Waals surface area (Å²) in [6.07, 6.45) is 3.62. The van der Waals surface area contributed by atoms with Crippen LogP contribution in [-0.2, 0) is 6.54 Å². The molecule has 0 radical (unpaired) electrons. The summed E-state index contributed by atoms with van der Waals surface area (Å²) < 4.78 is 7.17. The number of amides is 1. The molecule has 0 aliphatic heterocycles. The normalized spacial score (nSPS) is 12.1. The van der Waals surface area contributed by atoms with Gasteiger partial charge >= 0.3 is 0 Å². The van der Waals surface area contributed by atoms with Gasteiger partial charge in [0.2, 0.25) is 0 Å². The van der Waals surface area contributed by atoms with E-state index in [9.17, 15) is 9.90 Å². The molecule has 6 nitrogen and oxygen atoms in total. The van der Waals surface area contributed by atoms with Crippen LogP contribution in [-0.4, -0.2) is 33.3 Å². The van der Waals surface area contributed by atoms with Gasteiger partial charge in [0.15, 0.2) is 0 Å². The maximum atomic E-state index is 10.9. The molecule has 1 atom stereocenters. The molecule has 0 saturated heterocycles. The number of carbonyl (C=O) groups excluding carboxylic acids is 1. The predicted octanol–water partition coefficient (Wildman–Crippen LogP) is 2.51. The van der Waals surface area contributed by atoms with Gasteiger partial charge in [0.05, 0.1) is 29.1 Å². The summed E-state index contributed by atoms with van der Waals surface area (Å²) in [7, 11) is 0. The second-order valence-electron chi connectivity index (χ2n) is 5.04. The Kier molecular flexibility index (Phi) is 6.27. The minimum Gasteiger partial charge on any atom is -0.494 e. The van der Waals surface area contributed by atoms with Crippen LogP contribution in [0.25, 0.3) is 0 Å². The lowest BCUT2D eigenvalue weighted by Gasteiger charge is -2.12. The van der Waals surface area contributed by atoms with Gasteiger partial charge in [-0.2, -0.15) is 0 Å². The smallest absolute Gasteiger partial charge is 0.268 e. The summed E-state index contributed by atoms with van der Waals surface area (Å²) in [6.45, 7) is 0.790. The Morgan fingerprint density at radius 2 is 2.17 bits per heavy atom. The number of imidazole rings is 1. The van der Waals surface area contributed by atoms with Crippen molar-refractivity contribution in [2.75, 3.05) is 6.61 Å². The first-order valence-electron chi connectivity index (χ1n) is 7.03. The second kappa shape index (κ2) is 8.19. The van der Waals surface area contributed by atoms with E-state index in [4.69, 9.17) is 33.7 Å². The molecule has 1 unspecified atom stereocenters. The molecule has 0 aliphatic carbocycles. The van der Waals surface area contributed by atoms with Crippen LogP contribution in [0.2, 0.25) is 10.0 Å². The van der Waals surface area contributed by atoms with Crippen molar-refractivity contribution in [1.82, 2.24) is 9.55 Å². The summed E-state index contributed by atoms with van der Waals surface area (Å²) in [4.78, 5) is 14.8. The topological polar surface area (TPSA) is 90.4 Å². The number of nitrogens with zero attached hydrogens (tertiary/aromatic N) is 2. The molecule has 1 amide bonds. The van der Waals surface area contributed by atoms with Gasteiger partial charge in [-0.15, -0.1) is 0 Å². The summed E-state index contributed by atoms with van der Waals surface area (Å²) in [5.41, 5.74) is 5.30. The summed E-state index contributed by atoms with van der Waals surface area (Å²) in [6, 6.07) is 5.06. The van der Waals surface area contributed by atoms with Crippen LogP contribution >= 0.6 is 23.2 Å². The number of carbonyl (C=O) groups is 1. The predicted molar refractivity (Wildman–Crippen MR) is 87.9 cm³/mol. The van der Waals surface area contributed by atoms with E-state index in [0.717, 1.165) is 0 Å². The van der Waals surface area contributed by atoms with Gasteiger partial charge in [0.25, 0.3) is 5.91 Å². The number of nitrogens with two attached hydrogens (primary N) is 1. The number of aromatic nitrogens is 2. The molecule has 1 aromatic heterocycles. The zero-order valence-electron chi connectivity index (χ0n) is 12.3. The fourth-order valence-electron chi connectivity index (χ4n) is 2.00. The molecule has 2 rings (SSSR count). The van der Waals surface area contributed by atoms with Gasteiger partial charge in [0, 0.05) is 18.8 Å². The van der Waals surface area contributed by atoms with Crippen molar-refractivity contribution in [3.63, 3.8) is 0 Å². The molecule has 2 aromatic rings. The van der Waals surface area contributed by atoms with Crippen LogP contribution in [0.5, 0.6) is 5.75 Å². The van der Waals surface area contributed by atoms with E-state index in [1.54, 1.807) is 22.8 Å². The molecule has 8 heteroatoms. The van der Waals surface area contributed by atoms with Gasteiger partial charge < -0.3 is 20.1 Å². The number of hydrogen-bond donors (Lipinski definition) is 2. The molecular formula is C15H17Cl2N3O3. The molecule has 1 aromatic carbocycles. The molecule has 1 heterocycles. The first kappa shape index (κ1) is 17.6. The van der Waals surface area contributed by atoms with Gasteiger partial charge in [-0.1, -0.05) is 23.2 Å². The highest BCUT2D eigenvalue weighted by atomic mass is 35.5. The Morgan fingerprint density at radius 3 is 2.83 bits per heavy atom. The summed E-state index contributed by atoms with van der Waals surface area (Å²) >= 11 is 11.7. The third-order valence-corrected chi connectivity index (χ3v) is 3.89.